The van der Waals surface area contributed by atoms with E-state index in [4.69, 9.17) is 0 Å². The lowest BCUT2D eigenvalue weighted by atomic mass is 10.1. The van der Waals surface area contributed by atoms with E-state index in [1.54, 1.807) is 54.6 Å². The molecule has 0 fully saturated rings. The Hall–Kier alpha value is -4.26. The van der Waals surface area contributed by atoms with Crippen molar-refractivity contribution in [2.24, 2.45) is 0 Å². The summed E-state index contributed by atoms with van der Waals surface area (Å²) in [6.07, 6.45) is 0. The lowest BCUT2D eigenvalue weighted by Crippen LogP contribution is -2.42. The van der Waals surface area contributed by atoms with Crippen LogP contribution >= 0.6 is 0 Å². The average molecular weight is 413 g/mol. The molecule has 1 heterocycles. The number of hydrogen-bond acceptors (Lipinski definition) is 4. The highest BCUT2D eigenvalue weighted by atomic mass is 16.6. The fraction of sp³-hybridized carbons (Fsp3) is 0.0833. The van der Waals surface area contributed by atoms with Crippen LogP contribution in [0.3, 0.4) is 0 Å². The Morgan fingerprint density at radius 2 is 1.13 bits per heavy atom. The molecule has 1 aromatic heterocycles. The lowest BCUT2D eigenvalue weighted by Gasteiger charge is -2.16. The summed E-state index contributed by atoms with van der Waals surface area (Å²) in [6, 6.07) is 26.6. The van der Waals surface area contributed by atoms with Gasteiger partial charge in [0, 0.05) is 5.56 Å². The van der Waals surface area contributed by atoms with Crippen molar-refractivity contribution >= 4 is 5.69 Å². The van der Waals surface area contributed by atoms with E-state index in [0.717, 1.165) is 10.1 Å². The highest BCUT2D eigenvalue weighted by Gasteiger charge is 2.29. The Kier molecular flexibility index (Phi) is 5.57. The molecule has 0 saturated carbocycles. The first kappa shape index (κ1) is 20.0. The third-order valence-corrected chi connectivity index (χ3v) is 5.00. The topological polar surface area (TPSA) is 87.1 Å². The fourth-order valence-electron chi connectivity index (χ4n) is 3.56. The predicted octanol–water partition coefficient (Wildman–Crippen LogP) is 3.68. The van der Waals surface area contributed by atoms with Crippen LogP contribution in [0.15, 0.2) is 101 Å². The van der Waals surface area contributed by atoms with Gasteiger partial charge in [-0.2, -0.15) is 0 Å². The average Bonchev–Trinajstić information content (AvgIpc) is 2.80. The molecule has 0 saturated heterocycles. The van der Waals surface area contributed by atoms with Gasteiger partial charge in [-0.15, -0.1) is 0 Å². The molecule has 0 aliphatic heterocycles. The van der Waals surface area contributed by atoms with Crippen LogP contribution in [-0.2, 0) is 13.1 Å². The predicted molar refractivity (Wildman–Crippen MR) is 118 cm³/mol. The molecule has 0 atom stereocenters. The van der Waals surface area contributed by atoms with E-state index in [9.17, 15) is 19.7 Å². The largest absolute Gasteiger partial charge is 0.358 e. The number of hydrogen-bond donors (Lipinski definition) is 0. The second kappa shape index (κ2) is 8.62. The molecule has 7 nitrogen and oxygen atoms in total. The number of nitrogens with zero attached hydrogens (tertiary/aromatic N) is 3. The van der Waals surface area contributed by atoms with Crippen LogP contribution in [0.25, 0.3) is 11.3 Å². The van der Waals surface area contributed by atoms with E-state index >= 15 is 0 Å². The monoisotopic (exact) mass is 413 g/mol. The fourth-order valence-corrected chi connectivity index (χ4v) is 3.56. The summed E-state index contributed by atoms with van der Waals surface area (Å²) >= 11 is 0. The summed E-state index contributed by atoms with van der Waals surface area (Å²) in [5, 5.41) is 12.0. The Balaban J connectivity index is 2.02. The van der Waals surface area contributed by atoms with Crippen LogP contribution in [0.2, 0.25) is 0 Å². The van der Waals surface area contributed by atoms with Gasteiger partial charge in [0.1, 0.15) is 5.69 Å². The zero-order chi connectivity index (χ0) is 21.8. The standard InChI is InChI=1S/C24H19N3O4/c28-23-22(27(30)31)21(20-14-8-3-9-15-20)25(16-18-10-4-1-5-11-18)24(29)26(23)17-19-12-6-2-7-13-19/h1-15H,16-17H2. The van der Waals surface area contributed by atoms with Gasteiger partial charge < -0.3 is 0 Å². The normalized spacial score (nSPS) is 10.7. The highest BCUT2D eigenvalue weighted by Crippen LogP contribution is 2.26. The van der Waals surface area contributed by atoms with Crippen molar-refractivity contribution in [3.05, 3.63) is 133 Å². The second-order valence-electron chi connectivity index (χ2n) is 7.05. The zero-order valence-electron chi connectivity index (χ0n) is 16.5. The molecule has 0 bridgehead atoms. The molecule has 154 valence electrons. The maximum atomic E-state index is 13.5. The van der Waals surface area contributed by atoms with Crippen LogP contribution < -0.4 is 11.2 Å². The Morgan fingerprint density at radius 3 is 1.61 bits per heavy atom. The van der Waals surface area contributed by atoms with Gasteiger partial charge in [-0.05, 0) is 11.1 Å². The van der Waals surface area contributed by atoms with Gasteiger partial charge in [-0.3, -0.25) is 19.5 Å². The molecule has 0 aliphatic carbocycles. The smallest absolute Gasteiger partial charge is 0.282 e. The van der Waals surface area contributed by atoms with Crippen LogP contribution in [-0.4, -0.2) is 14.1 Å². The minimum atomic E-state index is -0.915. The second-order valence-corrected chi connectivity index (χ2v) is 7.05. The molecule has 0 N–H and O–H groups in total. The van der Waals surface area contributed by atoms with Crippen LogP contribution in [0.4, 0.5) is 5.69 Å². The van der Waals surface area contributed by atoms with Crippen molar-refractivity contribution in [2.75, 3.05) is 0 Å². The molecule has 4 rings (SSSR count). The number of rotatable bonds is 6. The van der Waals surface area contributed by atoms with Gasteiger partial charge in [-0.1, -0.05) is 91.0 Å². The van der Waals surface area contributed by atoms with Crippen molar-refractivity contribution in [3.63, 3.8) is 0 Å². The first-order valence-electron chi connectivity index (χ1n) is 9.71. The number of benzene rings is 3. The van der Waals surface area contributed by atoms with Crippen LogP contribution in [0.1, 0.15) is 11.1 Å². The third kappa shape index (κ3) is 4.06. The van der Waals surface area contributed by atoms with Crippen LogP contribution in [0, 0.1) is 10.1 Å². The summed E-state index contributed by atoms with van der Waals surface area (Å²) in [5.41, 5.74) is -0.183. The minimum absolute atomic E-state index is 0.00812. The Morgan fingerprint density at radius 1 is 0.677 bits per heavy atom. The molecule has 0 amide bonds. The van der Waals surface area contributed by atoms with Crippen molar-refractivity contribution in [2.45, 2.75) is 13.1 Å². The summed E-state index contributed by atoms with van der Waals surface area (Å²) < 4.78 is 2.25. The highest BCUT2D eigenvalue weighted by molar-refractivity contribution is 5.69. The molecular weight excluding hydrogens is 394 g/mol. The van der Waals surface area contributed by atoms with E-state index in [-0.39, 0.29) is 18.8 Å². The number of nitro groups is 1. The van der Waals surface area contributed by atoms with E-state index in [0.29, 0.717) is 11.1 Å². The van der Waals surface area contributed by atoms with Crippen molar-refractivity contribution in [3.8, 4) is 11.3 Å². The zero-order valence-corrected chi connectivity index (χ0v) is 16.5. The molecular formula is C24H19N3O4. The summed E-state index contributed by atoms with van der Waals surface area (Å²) in [6.45, 7) is 0.0447. The molecule has 0 radical (unpaired) electrons. The number of aromatic nitrogens is 2. The maximum absolute atomic E-state index is 13.5. The quantitative estimate of drug-likeness (QED) is 0.356. The van der Waals surface area contributed by atoms with E-state index < -0.39 is 21.9 Å². The molecule has 0 unspecified atom stereocenters. The van der Waals surface area contributed by atoms with Gasteiger partial charge in [0.05, 0.1) is 18.0 Å². The molecule has 3 aromatic carbocycles. The summed E-state index contributed by atoms with van der Waals surface area (Å²) in [7, 11) is 0. The van der Waals surface area contributed by atoms with E-state index in [1.165, 1.54) is 4.57 Å². The first-order chi connectivity index (χ1) is 15.1. The van der Waals surface area contributed by atoms with Gasteiger partial charge in [-0.25, -0.2) is 9.36 Å². The molecule has 4 aromatic rings. The van der Waals surface area contributed by atoms with Gasteiger partial charge in [0.2, 0.25) is 0 Å². The SMILES string of the molecule is O=c1c([N+](=O)[O-])c(-c2ccccc2)n(Cc2ccccc2)c(=O)n1Cc1ccccc1. The van der Waals surface area contributed by atoms with Gasteiger partial charge >= 0.3 is 16.9 Å². The first-order valence-corrected chi connectivity index (χ1v) is 9.71. The van der Waals surface area contributed by atoms with Gasteiger partial charge in [0.25, 0.3) is 0 Å². The van der Waals surface area contributed by atoms with Crippen molar-refractivity contribution < 1.29 is 4.92 Å². The maximum Gasteiger partial charge on any atom is 0.358 e. The van der Waals surface area contributed by atoms with E-state index in [1.807, 2.05) is 36.4 Å². The molecule has 0 spiro atoms. The Bertz CT molecular complexity index is 1330. The molecule has 31 heavy (non-hydrogen) atoms. The van der Waals surface area contributed by atoms with Crippen molar-refractivity contribution in [1.82, 2.24) is 9.13 Å². The lowest BCUT2D eigenvalue weighted by molar-refractivity contribution is -0.386. The summed E-state index contributed by atoms with van der Waals surface area (Å²) in [5.74, 6) is 0. The molecule has 7 heteroatoms. The Labute approximate surface area is 177 Å². The third-order valence-electron chi connectivity index (χ3n) is 5.00. The molecule has 0 aliphatic rings. The minimum Gasteiger partial charge on any atom is -0.282 e. The van der Waals surface area contributed by atoms with E-state index in [2.05, 4.69) is 0 Å². The van der Waals surface area contributed by atoms with Gasteiger partial charge in [0.15, 0.2) is 0 Å². The summed E-state index contributed by atoms with van der Waals surface area (Å²) in [4.78, 5) is 37.9. The van der Waals surface area contributed by atoms with Crippen LogP contribution in [0.5, 0.6) is 0 Å². The van der Waals surface area contributed by atoms with Crippen molar-refractivity contribution in [1.29, 1.82) is 0 Å².